The number of hydrogen-bond acceptors (Lipinski definition) is 2. The third-order valence-electron chi connectivity index (χ3n) is 2.55. The first-order valence-electron chi connectivity index (χ1n) is 5.65. The molecule has 98 valence electrons. The topological polar surface area (TPSA) is 55.1 Å². The number of halogens is 2. The molecular weight excluding hydrogens is 328 g/mol. The van der Waals surface area contributed by atoms with Crippen molar-refractivity contribution in [2.45, 2.75) is 6.54 Å². The number of benzene rings is 2. The molecule has 0 aliphatic carbocycles. The maximum Gasteiger partial charge on any atom is 0.255 e. The van der Waals surface area contributed by atoms with Gasteiger partial charge in [-0.2, -0.15) is 0 Å². The average molecular weight is 340 g/mol. The van der Waals surface area contributed by atoms with Gasteiger partial charge in [-0.25, -0.2) is 0 Å². The number of amides is 1. The van der Waals surface area contributed by atoms with Gasteiger partial charge in [-0.1, -0.05) is 39.7 Å². The minimum atomic E-state index is -0.211. The Balaban J connectivity index is 2.20. The number of carbonyl (C=O) groups excluding carboxylic acids is 1. The van der Waals surface area contributed by atoms with Crippen LogP contribution in [0.3, 0.4) is 0 Å². The summed E-state index contributed by atoms with van der Waals surface area (Å²) in [5.74, 6) is -0.211. The maximum absolute atomic E-state index is 12.1. The van der Waals surface area contributed by atoms with E-state index in [2.05, 4.69) is 21.2 Å². The van der Waals surface area contributed by atoms with Gasteiger partial charge in [0.25, 0.3) is 5.91 Å². The molecule has 0 fully saturated rings. The first kappa shape index (κ1) is 14.1. The van der Waals surface area contributed by atoms with Gasteiger partial charge in [0.15, 0.2) is 0 Å². The second-order valence-corrected chi connectivity index (χ2v) is 5.37. The van der Waals surface area contributed by atoms with Gasteiger partial charge in [0, 0.05) is 27.3 Å². The van der Waals surface area contributed by atoms with Crippen molar-refractivity contribution >= 4 is 39.1 Å². The molecule has 19 heavy (non-hydrogen) atoms. The first-order chi connectivity index (χ1) is 9.08. The predicted octanol–water partition coefficient (Wildman–Crippen LogP) is 3.81. The van der Waals surface area contributed by atoms with Crippen molar-refractivity contribution in [2.24, 2.45) is 5.73 Å². The van der Waals surface area contributed by atoms with Crippen LogP contribution in [0.2, 0.25) is 5.02 Å². The van der Waals surface area contributed by atoms with E-state index < -0.39 is 0 Å². The highest BCUT2D eigenvalue weighted by Crippen LogP contribution is 2.20. The van der Waals surface area contributed by atoms with E-state index >= 15 is 0 Å². The Kier molecular flexibility index (Phi) is 4.58. The highest BCUT2D eigenvalue weighted by molar-refractivity contribution is 9.10. The van der Waals surface area contributed by atoms with E-state index in [9.17, 15) is 4.79 Å². The summed E-state index contributed by atoms with van der Waals surface area (Å²) in [5.41, 5.74) is 7.74. The molecule has 0 aliphatic rings. The molecule has 3 N–H and O–H groups in total. The number of nitrogens with two attached hydrogens (primary N) is 1. The lowest BCUT2D eigenvalue weighted by Crippen LogP contribution is -2.12. The number of hydrogen-bond donors (Lipinski definition) is 2. The van der Waals surface area contributed by atoms with Crippen LogP contribution in [-0.2, 0) is 6.54 Å². The molecule has 0 bridgehead atoms. The Morgan fingerprint density at radius 3 is 2.74 bits per heavy atom. The van der Waals surface area contributed by atoms with Crippen molar-refractivity contribution < 1.29 is 4.79 Å². The standard InChI is InChI=1S/C14H12BrClN2O/c15-11-5-10(6-12(16)7-11)14(19)18-13-3-1-2-9(4-13)8-17/h1-7H,8,17H2,(H,18,19). The number of anilines is 1. The lowest BCUT2D eigenvalue weighted by Gasteiger charge is -2.07. The van der Waals surface area contributed by atoms with Crippen LogP contribution in [0.25, 0.3) is 0 Å². The molecule has 0 saturated carbocycles. The molecule has 2 aromatic carbocycles. The van der Waals surface area contributed by atoms with Gasteiger partial charge >= 0.3 is 0 Å². The van der Waals surface area contributed by atoms with Crippen molar-refractivity contribution in [3.63, 3.8) is 0 Å². The van der Waals surface area contributed by atoms with Crippen molar-refractivity contribution in [3.8, 4) is 0 Å². The van der Waals surface area contributed by atoms with E-state index in [1.165, 1.54) is 0 Å². The molecule has 0 saturated heterocycles. The SMILES string of the molecule is NCc1cccc(NC(=O)c2cc(Cl)cc(Br)c2)c1. The fourth-order valence-electron chi connectivity index (χ4n) is 1.66. The molecule has 0 aromatic heterocycles. The summed E-state index contributed by atoms with van der Waals surface area (Å²) in [6, 6.07) is 12.5. The summed E-state index contributed by atoms with van der Waals surface area (Å²) < 4.78 is 0.765. The summed E-state index contributed by atoms with van der Waals surface area (Å²) >= 11 is 9.23. The van der Waals surface area contributed by atoms with Crippen LogP contribution in [0.4, 0.5) is 5.69 Å². The number of nitrogens with one attached hydrogen (secondary N) is 1. The smallest absolute Gasteiger partial charge is 0.255 e. The third kappa shape index (κ3) is 3.80. The third-order valence-corrected chi connectivity index (χ3v) is 3.22. The van der Waals surface area contributed by atoms with Crippen LogP contribution in [-0.4, -0.2) is 5.91 Å². The van der Waals surface area contributed by atoms with Gasteiger partial charge in [-0.05, 0) is 35.9 Å². The fourth-order valence-corrected chi connectivity index (χ4v) is 2.52. The highest BCUT2D eigenvalue weighted by atomic mass is 79.9. The van der Waals surface area contributed by atoms with Crippen molar-refractivity contribution in [1.82, 2.24) is 0 Å². The van der Waals surface area contributed by atoms with Crippen LogP contribution < -0.4 is 11.1 Å². The normalized spacial score (nSPS) is 10.3. The zero-order chi connectivity index (χ0) is 13.8. The molecular formula is C14H12BrClN2O. The Morgan fingerprint density at radius 2 is 2.05 bits per heavy atom. The molecule has 0 atom stereocenters. The van der Waals surface area contributed by atoms with Gasteiger partial charge in [0.05, 0.1) is 0 Å². The summed E-state index contributed by atoms with van der Waals surface area (Å²) in [6.07, 6.45) is 0. The number of carbonyl (C=O) groups is 1. The Morgan fingerprint density at radius 1 is 1.26 bits per heavy atom. The molecule has 0 spiro atoms. The maximum atomic E-state index is 12.1. The van der Waals surface area contributed by atoms with Crippen LogP contribution in [0.5, 0.6) is 0 Å². The molecule has 0 unspecified atom stereocenters. The minimum Gasteiger partial charge on any atom is -0.326 e. The minimum absolute atomic E-state index is 0.211. The average Bonchev–Trinajstić information content (AvgIpc) is 2.37. The molecule has 1 amide bonds. The van der Waals surface area contributed by atoms with Gasteiger partial charge in [0.2, 0.25) is 0 Å². The van der Waals surface area contributed by atoms with Crippen LogP contribution in [0.1, 0.15) is 15.9 Å². The molecule has 3 nitrogen and oxygen atoms in total. The molecule has 0 radical (unpaired) electrons. The summed E-state index contributed by atoms with van der Waals surface area (Å²) in [5, 5.41) is 3.32. The lowest BCUT2D eigenvalue weighted by molar-refractivity contribution is 0.102. The molecule has 2 rings (SSSR count). The van der Waals surface area contributed by atoms with Crippen LogP contribution in [0.15, 0.2) is 46.9 Å². The van der Waals surface area contributed by atoms with Crippen molar-refractivity contribution in [3.05, 3.63) is 63.1 Å². The lowest BCUT2D eigenvalue weighted by atomic mass is 10.1. The summed E-state index contributed by atoms with van der Waals surface area (Å²) in [7, 11) is 0. The van der Waals surface area contributed by atoms with Gasteiger partial charge in [-0.15, -0.1) is 0 Å². The quantitative estimate of drug-likeness (QED) is 0.893. The molecule has 0 aliphatic heterocycles. The molecule has 0 heterocycles. The van der Waals surface area contributed by atoms with Gasteiger partial charge in [0.1, 0.15) is 0 Å². The summed E-state index contributed by atoms with van der Waals surface area (Å²) in [4.78, 5) is 12.1. The van der Waals surface area contributed by atoms with E-state index in [4.69, 9.17) is 17.3 Å². The predicted molar refractivity (Wildman–Crippen MR) is 81.4 cm³/mol. The zero-order valence-electron chi connectivity index (χ0n) is 9.99. The second-order valence-electron chi connectivity index (χ2n) is 4.02. The largest absolute Gasteiger partial charge is 0.326 e. The van der Waals surface area contributed by atoms with Crippen molar-refractivity contribution in [1.29, 1.82) is 0 Å². The molecule has 5 heteroatoms. The van der Waals surface area contributed by atoms with E-state index in [1.807, 2.05) is 24.3 Å². The van der Waals surface area contributed by atoms with E-state index in [0.717, 1.165) is 10.0 Å². The van der Waals surface area contributed by atoms with Crippen LogP contribution >= 0.6 is 27.5 Å². The highest BCUT2D eigenvalue weighted by Gasteiger charge is 2.08. The van der Waals surface area contributed by atoms with E-state index in [0.29, 0.717) is 22.8 Å². The molecule has 2 aromatic rings. The van der Waals surface area contributed by atoms with Crippen molar-refractivity contribution in [2.75, 3.05) is 5.32 Å². The van der Waals surface area contributed by atoms with E-state index in [1.54, 1.807) is 18.2 Å². The summed E-state index contributed by atoms with van der Waals surface area (Å²) in [6.45, 7) is 0.437. The van der Waals surface area contributed by atoms with E-state index in [-0.39, 0.29) is 5.91 Å². The number of rotatable bonds is 3. The van der Waals surface area contributed by atoms with Crippen LogP contribution in [0, 0.1) is 0 Å². The first-order valence-corrected chi connectivity index (χ1v) is 6.82. The Hall–Kier alpha value is -1.36. The van der Waals surface area contributed by atoms with Gasteiger partial charge in [-0.3, -0.25) is 4.79 Å². The zero-order valence-corrected chi connectivity index (χ0v) is 12.3. The fraction of sp³-hybridized carbons (Fsp3) is 0.0714. The van der Waals surface area contributed by atoms with Gasteiger partial charge < -0.3 is 11.1 Å². The second kappa shape index (κ2) is 6.19. The Bertz CT molecular complexity index is 596. The monoisotopic (exact) mass is 338 g/mol. The Labute approximate surface area is 124 Å².